The van der Waals surface area contributed by atoms with Crippen molar-refractivity contribution in [3.63, 3.8) is 0 Å². The Kier molecular flexibility index (Phi) is 12.0. The van der Waals surface area contributed by atoms with Gasteiger partial charge in [-0.3, -0.25) is 0 Å². The number of hydrogen-bond acceptors (Lipinski definition) is 0. The molecule has 0 fully saturated rings. The quantitative estimate of drug-likeness (QED) is 0.600. The summed E-state index contributed by atoms with van der Waals surface area (Å²) in [5.41, 5.74) is 0. The van der Waals surface area contributed by atoms with Gasteiger partial charge < -0.3 is 0 Å². The first-order valence-electron chi connectivity index (χ1n) is 3.67. The van der Waals surface area contributed by atoms with E-state index in [4.69, 9.17) is 18.4 Å². The third kappa shape index (κ3) is 12.0. The first kappa shape index (κ1) is 13.0. The van der Waals surface area contributed by atoms with E-state index in [1.54, 1.807) is 0 Å². The van der Waals surface area contributed by atoms with Gasteiger partial charge in [-0.2, -0.15) is 36.4 Å². The minimum atomic E-state index is -0.889. The molecule has 0 amide bonds. The fourth-order valence-corrected chi connectivity index (χ4v) is 0.642. The summed E-state index contributed by atoms with van der Waals surface area (Å²) in [6, 6.07) is 20.0. The van der Waals surface area contributed by atoms with Crippen LogP contribution in [0.2, 0.25) is 0 Å². The average molecular weight is 382 g/mol. The summed E-state index contributed by atoms with van der Waals surface area (Å²) in [5, 5.41) is 0. The molecule has 71 valence electrons. The van der Waals surface area contributed by atoms with Crippen molar-refractivity contribution in [3.05, 3.63) is 60.7 Å². The van der Waals surface area contributed by atoms with Gasteiger partial charge in [-0.05, 0) is 0 Å². The zero-order valence-corrected chi connectivity index (χ0v) is 11.7. The summed E-state index contributed by atoms with van der Waals surface area (Å²) in [4.78, 5) is 0. The van der Waals surface area contributed by atoms with Crippen LogP contribution in [0.1, 0.15) is 0 Å². The Labute approximate surface area is 96.2 Å². The Hall–Kier alpha value is 0.0203. The van der Waals surface area contributed by atoms with Gasteiger partial charge in [0, 0.05) is 0 Å². The Morgan fingerprint density at radius 1 is 0.692 bits per heavy atom. The van der Waals surface area contributed by atoms with Crippen molar-refractivity contribution in [1.82, 2.24) is 0 Å². The molecule has 2 aromatic rings. The first-order valence-corrected chi connectivity index (χ1v) is 11.6. The van der Waals surface area contributed by atoms with Gasteiger partial charge in [0.1, 0.15) is 0 Å². The maximum absolute atomic E-state index is 4.94. The van der Waals surface area contributed by atoms with E-state index < -0.39 is 17.6 Å². The van der Waals surface area contributed by atoms with E-state index >= 15 is 0 Å². The second-order valence-electron chi connectivity index (χ2n) is 1.99. The molecular formula is C10H10Cl2Ta-2. The van der Waals surface area contributed by atoms with Crippen LogP contribution in [0.4, 0.5) is 0 Å². The predicted octanol–water partition coefficient (Wildman–Crippen LogP) is 4.19. The van der Waals surface area contributed by atoms with E-state index in [0.717, 1.165) is 0 Å². The Morgan fingerprint density at radius 2 is 0.923 bits per heavy atom. The monoisotopic (exact) mass is 381 g/mol. The molecule has 0 heterocycles. The minimum Gasteiger partial charge on any atom is -0.214 e. The van der Waals surface area contributed by atoms with Crippen LogP contribution in [-0.2, 0) is 17.6 Å². The maximum atomic E-state index is 4.94. The summed E-state index contributed by atoms with van der Waals surface area (Å²) in [5.74, 6) is 0. The van der Waals surface area contributed by atoms with Crippen molar-refractivity contribution >= 4 is 18.4 Å². The van der Waals surface area contributed by atoms with Crippen LogP contribution >= 0.6 is 18.4 Å². The zero-order chi connectivity index (χ0) is 9.78. The SMILES string of the molecule is [Cl][Ta][Cl].c1cc[cH-]c1.c1cc[cH-]c1. The third-order valence-electron chi connectivity index (χ3n) is 1.11. The molecule has 0 nitrogen and oxygen atoms in total. The fourth-order valence-electron chi connectivity index (χ4n) is 0.642. The van der Waals surface area contributed by atoms with Gasteiger partial charge in [0.05, 0.1) is 0 Å². The van der Waals surface area contributed by atoms with Crippen LogP contribution in [0.15, 0.2) is 60.7 Å². The van der Waals surface area contributed by atoms with Gasteiger partial charge in [0.15, 0.2) is 0 Å². The van der Waals surface area contributed by atoms with Crippen molar-refractivity contribution in [2.75, 3.05) is 0 Å². The van der Waals surface area contributed by atoms with Crippen molar-refractivity contribution in [3.8, 4) is 0 Å². The van der Waals surface area contributed by atoms with Crippen LogP contribution in [0.3, 0.4) is 0 Å². The average Bonchev–Trinajstić information content (AvgIpc) is 2.85. The molecule has 0 unspecified atom stereocenters. The molecule has 0 aliphatic rings. The fraction of sp³-hybridized carbons (Fsp3) is 0. The largest absolute Gasteiger partial charge is 0.214 e. The van der Waals surface area contributed by atoms with Gasteiger partial charge in [-0.25, -0.2) is 24.3 Å². The van der Waals surface area contributed by atoms with Crippen LogP contribution < -0.4 is 0 Å². The molecule has 2 rings (SSSR count). The third-order valence-corrected chi connectivity index (χ3v) is 1.11. The smallest absolute Gasteiger partial charge is 0.172 e. The van der Waals surface area contributed by atoms with Crippen LogP contribution in [0.25, 0.3) is 0 Å². The molecule has 0 radical (unpaired) electrons. The van der Waals surface area contributed by atoms with E-state index in [2.05, 4.69) is 0 Å². The maximum Gasteiger partial charge on any atom is -0.172 e. The van der Waals surface area contributed by atoms with Gasteiger partial charge in [0.2, 0.25) is 0 Å². The van der Waals surface area contributed by atoms with E-state index in [9.17, 15) is 0 Å². The van der Waals surface area contributed by atoms with Crippen LogP contribution in [-0.4, -0.2) is 0 Å². The Balaban J connectivity index is 0.000000174. The van der Waals surface area contributed by atoms with E-state index in [1.807, 2.05) is 60.7 Å². The Morgan fingerprint density at radius 3 is 1.00 bits per heavy atom. The molecule has 0 aliphatic carbocycles. The topological polar surface area (TPSA) is 0 Å². The summed E-state index contributed by atoms with van der Waals surface area (Å²) in [6.45, 7) is 0. The minimum absolute atomic E-state index is 0.889. The van der Waals surface area contributed by atoms with Crippen LogP contribution in [0, 0.1) is 0 Å². The molecule has 0 N–H and O–H groups in total. The molecule has 0 atom stereocenters. The van der Waals surface area contributed by atoms with E-state index in [1.165, 1.54) is 0 Å². The van der Waals surface area contributed by atoms with Gasteiger partial charge in [0.25, 0.3) is 0 Å². The molecule has 0 bridgehead atoms. The molecule has 13 heavy (non-hydrogen) atoms. The number of halogens is 2. The summed E-state index contributed by atoms with van der Waals surface area (Å²) in [7, 11) is 9.89. The Bertz CT molecular complexity index is 165. The molecular weight excluding hydrogens is 372 g/mol. The normalized spacial score (nSPS) is 7.23. The van der Waals surface area contributed by atoms with Crippen molar-refractivity contribution < 1.29 is 17.6 Å². The van der Waals surface area contributed by atoms with E-state index in [0.29, 0.717) is 0 Å². The molecule has 0 spiro atoms. The number of hydrogen-bond donors (Lipinski definition) is 0. The van der Waals surface area contributed by atoms with Gasteiger partial charge in [-0.15, -0.1) is 0 Å². The van der Waals surface area contributed by atoms with Crippen molar-refractivity contribution in [1.29, 1.82) is 0 Å². The predicted molar refractivity (Wildman–Crippen MR) is 55.8 cm³/mol. The molecule has 0 saturated heterocycles. The molecule has 2 aromatic carbocycles. The molecule has 0 saturated carbocycles. The van der Waals surface area contributed by atoms with Crippen molar-refractivity contribution in [2.45, 2.75) is 0 Å². The van der Waals surface area contributed by atoms with Crippen LogP contribution in [0.5, 0.6) is 0 Å². The van der Waals surface area contributed by atoms with E-state index in [-0.39, 0.29) is 0 Å². The molecule has 0 aromatic heterocycles. The first-order chi connectivity index (χ1) is 6.41. The van der Waals surface area contributed by atoms with Gasteiger partial charge >= 0.3 is 36.0 Å². The number of rotatable bonds is 0. The standard InChI is InChI=1S/2C5H5.2ClH.Ta/c2*1-2-4-5-3-1;;;/h2*1-5H;2*1H;/q2*-1;;;+2/p-2. The van der Waals surface area contributed by atoms with Crippen molar-refractivity contribution in [2.24, 2.45) is 0 Å². The molecule has 0 aliphatic heterocycles. The second-order valence-corrected chi connectivity index (χ2v) is 6.63. The summed E-state index contributed by atoms with van der Waals surface area (Å²) < 4.78 is 0. The summed E-state index contributed by atoms with van der Waals surface area (Å²) >= 11 is -0.889. The zero-order valence-electron chi connectivity index (χ0n) is 6.98. The second kappa shape index (κ2) is 12.0. The summed E-state index contributed by atoms with van der Waals surface area (Å²) in [6.07, 6.45) is 0. The molecule has 3 heteroatoms. The van der Waals surface area contributed by atoms with Gasteiger partial charge in [-0.1, -0.05) is 0 Å².